The third kappa shape index (κ3) is 6.01. The third-order valence-electron chi connectivity index (χ3n) is 8.89. The molecule has 0 radical (unpaired) electrons. The number of rotatable bonds is 10. The zero-order valence-corrected chi connectivity index (χ0v) is 25.0. The summed E-state index contributed by atoms with van der Waals surface area (Å²) in [6.07, 6.45) is 3.34. The molecule has 0 aromatic heterocycles. The van der Waals surface area contributed by atoms with Gasteiger partial charge in [0.25, 0.3) is 0 Å². The first-order valence-corrected chi connectivity index (χ1v) is 15.5. The summed E-state index contributed by atoms with van der Waals surface area (Å²) in [4.78, 5) is 2.45. The van der Waals surface area contributed by atoms with Gasteiger partial charge in [0.05, 0.1) is 12.0 Å². The van der Waals surface area contributed by atoms with Crippen LogP contribution in [-0.4, -0.2) is 29.2 Å². The highest BCUT2D eigenvalue weighted by Gasteiger charge is 2.41. The fraction of sp³-hybridized carbons (Fsp3) is 0.250. The molecule has 1 saturated heterocycles. The molecule has 1 aliphatic heterocycles. The van der Waals surface area contributed by atoms with Gasteiger partial charge in [0.15, 0.2) is 0 Å². The van der Waals surface area contributed by atoms with E-state index in [-0.39, 0.29) is 12.6 Å². The molecule has 6 rings (SSSR count). The van der Waals surface area contributed by atoms with E-state index in [1.54, 1.807) is 0 Å². The van der Waals surface area contributed by atoms with E-state index in [1.807, 2.05) is 6.07 Å². The van der Waals surface area contributed by atoms with Crippen molar-refractivity contribution < 1.29 is 9.84 Å². The topological polar surface area (TPSA) is 32.7 Å². The molecule has 0 spiro atoms. The van der Waals surface area contributed by atoms with Crippen molar-refractivity contribution >= 4 is 0 Å². The van der Waals surface area contributed by atoms with E-state index in [9.17, 15) is 5.11 Å². The quantitative estimate of drug-likeness (QED) is 0.172. The number of nitrogens with zero attached hydrogens (tertiary/aromatic N) is 1. The zero-order chi connectivity index (χ0) is 29.5. The van der Waals surface area contributed by atoms with Gasteiger partial charge in [0.1, 0.15) is 12.4 Å². The van der Waals surface area contributed by atoms with Crippen molar-refractivity contribution in [3.63, 3.8) is 0 Å². The van der Waals surface area contributed by atoms with Crippen molar-refractivity contribution in [2.45, 2.75) is 50.8 Å². The SMILES string of the molecule is Cc1cc(CN2CCCC[C@H]2CO)c(OCc2ccccc2)c(C(c2ccccc2)(c2ccccc2)c2ccccc2)c1. The maximum Gasteiger partial charge on any atom is 0.129 e. The molecule has 5 aromatic carbocycles. The molecule has 0 aliphatic carbocycles. The van der Waals surface area contributed by atoms with Crippen LogP contribution < -0.4 is 4.74 Å². The minimum absolute atomic E-state index is 0.168. The molecule has 1 fully saturated rings. The first-order chi connectivity index (χ1) is 21.2. The van der Waals surface area contributed by atoms with Crippen molar-refractivity contribution in [3.05, 3.63) is 172 Å². The summed E-state index contributed by atoms with van der Waals surface area (Å²) in [5.41, 5.74) is 7.60. The van der Waals surface area contributed by atoms with Gasteiger partial charge in [0, 0.05) is 23.7 Å². The predicted molar refractivity (Wildman–Crippen MR) is 175 cm³/mol. The highest BCUT2D eigenvalue weighted by Crippen LogP contribution is 2.50. The lowest BCUT2D eigenvalue weighted by atomic mass is 9.64. The molecule has 3 heteroatoms. The molecule has 0 saturated carbocycles. The molecule has 43 heavy (non-hydrogen) atoms. The largest absolute Gasteiger partial charge is 0.488 e. The minimum Gasteiger partial charge on any atom is -0.488 e. The third-order valence-corrected chi connectivity index (χ3v) is 8.89. The minimum atomic E-state index is -0.616. The smallest absolute Gasteiger partial charge is 0.129 e. The van der Waals surface area contributed by atoms with Gasteiger partial charge in [-0.2, -0.15) is 0 Å². The Labute approximate surface area is 256 Å². The van der Waals surface area contributed by atoms with Crippen LogP contribution >= 0.6 is 0 Å². The van der Waals surface area contributed by atoms with Crippen LogP contribution in [0.2, 0.25) is 0 Å². The van der Waals surface area contributed by atoms with Crippen molar-refractivity contribution in [1.29, 1.82) is 0 Å². The average Bonchev–Trinajstić information content (AvgIpc) is 3.07. The number of hydrogen-bond donors (Lipinski definition) is 1. The van der Waals surface area contributed by atoms with Gasteiger partial charge in [-0.25, -0.2) is 0 Å². The number of aryl methyl sites for hydroxylation is 1. The molecule has 5 aromatic rings. The van der Waals surface area contributed by atoms with E-state index < -0.39 is 5.41 Å². The Morgan fingerprint density at radius 3 is 1.79 bits per heavy atom. The fourth-order valence-electron chi connectivity index (χ4n) is 6.87. The molecular formula is C40H41NO2. The summed E-state index contributed by atoms with van der Waals surface area (Å²) in [5.74, 6) is 0.924. The van der Waals surface area contributed by atoms with E-state index in [4.69, 9.17) is 4.74 Å². The van der Waals surface area contributed by atoms with E-state index in [2.05, 4.69) is 139 Å². The maximum absolute atomic E-state index is 10.3. The molecule has 1 heterocycles. The summed E-state index contributed by atoms with van der Waals surface area (Å²) >= 11 is 0. The van der Waals surface area contributed by atoms with Crippen LogP contribution in [0.1, 0.15) is 58.2 Å². The first kappa shape index (κ1) is 28.9. The molecule has 0 bridgehead atoms. The van der Waals surface area contributed by atoms with E-state index >= 15 is 0 Å². The van der Waals surface area contributed by atoms with E-state index in [0.29, 0.717) is 6.61 Å². The number of hydrogen-bond acceptors (Lipinski definition) is 3. The van der Waals surface area contributed by atoms with Crippen molar-refractivity contribution in [2.75, 3.05) is 13.2 Å². The molecule has 1 N–H and O–H groups in total. The van der Waals surface area contributed by atoms with Gasteiger partial charge in [-0.1, -0.05) is 145 Å². The number of aliphatic hydroxyl groups is 1. The Balaban J connectivity index is 1.63. The first-order valence-electron chi connectivity index (χ1n) is 15.5. The van der Waals surface area contributed by atoms with Crippen LogP contribution in [0.3, 0.4) is 0 Å². The Morgan fingerprint density at radius 2 is 1.26 bits per heavy atom. The molecule has 1 atom stereocenters. The second-order valence-corrected chi connectivity index (χ2v) is 11.7. The van der Waals surface area contributed by atoms with E-state index in [0.717, 1.165) is 49.2 Å². The van der Waals surface area contributed by atoms with Crippen LogP contribution in [-0.2, 0) is 18.6 Å². The average molecular weight is 568 g/mol. The van der Waals surface area contributed by atoms with E-state index in [1.165, 1.54) is 27.8 Å². The Bertz CT molecular complexity index is 1490. The van der Waals surface area contributed by atoms with Crippen LogP contribution in [0.4, 0.5) is 0 Å². The summed E-state index contributed by atoms with van der Waals surface area (Å²) in [6, 6.07) is 47.8. The number of likely N-dealkylation sites (tertiary alicyclic amines) is 1. The molecule has 0 unspecified atom stereocenters. The number of benzene rings is 5. The van der Waals surface area contributed by atoms with Gasteiger partial charge >= 0.3 is 0 Å². The van der Waals surface area contributed by atoms with Crippen LogP contribution in [0.15, 0.2) is 133 Å². The second-order valence-electron chi connectivity index (χ2n) is 11.7. The highest BCUT2D eigenvalue weighted by atomic mass is 16.5. The zero-order valence-electron chi connectivity index (χ0n) is 25.0. The van der Waals surface area contributed by atoms with Crippen molar-refractivity contribution in [1.82, 2.24) is 4.90 Å². The molecule has 1 aliphatic rings. The standard InChI is InChI=1S/C40H41NO2/c1-31-26-33(28-41-25-15-14-24-37(41)29-42)39(43-30-32-16-6-2-7-17-32)38(27-31)40(34-18-8-3-9-19-34,35-20-10-4-11-21-35)36-22-12-5-13-23-36/h2-13,16-23,26-27,37,42H,14-15,24-25,28-30H2,1H3/t37-/m0/s1. The monoisotopic (exact) mass is 567 g/mol. The molecule has 0 amide bonds. The lowest BCUT2D eigenvalue weighted by Crippen LogP contribution is -2.41. The van der Waals surface area contributed by atoms with Gasteiger partial charge in [-0.3, -0.25) is 4.90 Å². The van der Waals surface area contributed by atoms with Gasteiger partial charge < -0.3 is 9.84 Å². The number of piperidine rings is 1. The van der Waals surface area contributed by atoms with Crippen LogP contribution in [0, 0.1) is 6.92 Å². The fourth-order valence-corrected chi connectivity index (χ4v) is 6.87. The predicted octanol–water partition coefficient (Wildman–Crippen LogP) is 8.30. The lowest BCUT2D eigenvalue weighted by molar-refractivity contribution is 0.0830. The molecular weight excluding hydrogens is 526 g/mol. The molecule has 218 valence electrons. The van der Waals surface area contributed by atoms with Gasteiger partial charge in [-0.05, 0) is 48.6 Å². The lowest BCUT2D eigenvalue weighted by Gasteiger charge is -2.39. The van der Waals surface area contributed by atoms with Crippen molar-refractivity contribution in [2.24, 2.45) is 0 Å². The summed E-state index contributed by atoms with van der Waals surface area (Å²) in [6.45, 7) is 4.56. The Hall–Kier alpha value is -4.18. The Morgan fingerprint density at radius 1 is 0.721 bits per heavy atom. The van der Waals surface area contributed by atoms with Gasteiger partial charge in [0.2, 0.25) is 0 Å². The second kappa shape index (κ2) is 13.4. The van der Waals surface area contributed by atoms with Crippen molar-refractivity contribution in [3.8, 4) is 5.75 Å². The van der Waals surface area contributed by atoms with Crippen LogP contribution in [0.25, 0.3) is 0 Å². The Kier molecular flexibility index (Phi) is 9.02. The summed E-state index contributed by atoms with van der Waals surface area (Å²) in [7, 11) is 0. The van der Waals surface area contributed by atoms with Crippen LogP contribution in [0.5, 0.6) is 5.75 Å². The highest BCUT2D eigenvalue weighted by molar-refractivity contribution is 5.65. The molecule has 3 nitrogen and oxygen atoms in total. The maximum atomic E-state index is 10.3. The normalized spacial score (nSPS) is 15.7. The number of ether oxygens (including phenoxy) is 1. The summed E-state index contributed by atoms with van der Waals surface area (Å²) < 4.78 is 7.00. The summed E-state index contributed by atoms with van der Waals surface area (Å²) in [5, 5.41) is 10.3. The van der Waals surface area contributed by atoms with Gasteiger partial charge in [-0.15, -0.1) is 0 Å². The number of aliphatic hydroxyl groups excluding tert-OH is 1.